The summed E-state index contributed by atoms with van der Waals surface area (Å²) in [5.74, 6) is 1.18. The molecule has 92 valence electrons. The highest BCUT2D eigenvalue weighted by Gasteiger charge is 2.13. The molecule has 15 heavy (non-hydrogen) atoms. The summed E-state index contributed by atoms with van der Waals surface area (Å²) in [5.41, 5.74) is 0. The van der Waals surface area contributed by atoms with Gasteiger partial charge in [-0.25, -0.2) is 0 Å². The Labute approximate surface area is 106 Å². The lowest BCUT2D eigenvalue weighted by Gasteiger charge is -2.15. The maximum atomic E-state index is 9.53. The minimum absolute atomic E-state index is 0.399. The third kappa shape index (κ3) is 11.4. The zero-order valence-electron chi connectivity index (χ0n) is 8.53. The summed E-state index contributed by atoms with van der Waals surface area (Å²) < 4.78 is 10.2. The number of rotatable bonds is 10. The Morgan fingerprint density at radius 3 is 1.67 bits per heavy atom. The molecule has 0 unspecified atom stereocenters. The Kier molecular flexibility index (Phi) is 11.0. The van der Waals surface area contributed by atoms with Crippen molar-refractivity contribution in [1.82, 2.24) is 0 Å². The molecule has 0 aromatic rings. The summed E-state index contributed by atoms with van der Waals surface area (Å²) in [6.45, 7) is -2.23. The highest BCUT2D eigenvalue weighted by Crippen LogP contribution is 2.43. The van der Waals surface area contributed by atoms with Crippen LogP contribution in [0.3, 0.4) is 0 Å². The molecule has 0 saturated carbocycles. The van der Waals surface area contributed by atoms with Gasteiger partial charge < -0.3 is 13.9 Å². The SMILES string of the molecule is OP(=S)(OCCCCCl)OCCCCCl. The van der Waals surface area contributed by atoms with E-state index in [-0.39, 0.29) is 0 Å². The Morgan fingerprint density at radius 2 is 1.33 bits per heavy atom. The lowest BCUT2D eigenvalue weighted by molar-refractivity contribution is 0.193. The van der Waals surface area contributed by atoms with Gasteiger partial charge in [0.2, 0.25) is 0 Å². The second-order valence-electron chi connectivity index (χ2n) is 2.93. The van der Waals surface area contributed by atoms with Gasteiger partial charge in [0.25, 0.3) is 0 Å². The summed E-state index contributed by atoms with van der Waals surface area (Å²) >= 11 is 15.8. The van der Waals surface area contributed by atoms with Crippen LogP contribution < -0.4 is 0 Å². The third-order valence-corrected chi connectivity index (χ3v) is 3.75. The molecule has 0 bridgehead atoms. The standard InChI is InChI=1S/C8H17Cl2O3PS/c9-5-1-3-7-12-14(11,15)13-8-4-2-6-10/h1-8H2,(H,11,15). The van der Waals surface area contributed by atoms with Gasteiger partial charge in [-0.2, -0.15) is 0 Å². The van der Waals surface area contributed by atoms with Crippen LogP contribution in [0, 0.1) is 0 Å². The summed E-state index contributed by atoms with van der Waals surface area (Å²) in [7, 11) is 0. The topological polar surface area (TPSA) is 38.7 Å². The maximum absolute atomic E-state index is 9.53. The fraction of sp³-hybridized carbons (Fsp3) is 1.00. The van der Waals surface area contributed by atoms with Crippen molar-refractivity contribution in [3.63, 3.8) is 0 Å². The lowest BCUT2D eigenvalue weighted by Crippen LogP contribution is -1.99. The Morgan fingerprint density at radius 1 is 0.933 bits per heavy atom. The van der Waals surface area contributed by atoms with Crippen molar-refractivity contribution in [3.8, 4) is 0 Å². The maximum Gasteiger partial charge on any atom is 0.324 e. The molecule has 0 atom stereocenters. The molecule has 0 radical (unpaired) electrons. The zero-order valence-corrected chi connectivity index (χ0v) is 11.8. The van der Waals surface area contributed by atoms with E-state index in [4.69, 9.17) is 44.1 Å². The van der Waals surface area contributed by atoms with Crippen molar-refractivity contribution < 1.29 is 13.9 Å². The minimum Gasteiger partial charge on any atom is -0.324 e. The molecular formula is C8H17Cl2O3PS. The van der Waals surface area contributed by atoms with E-state index in [1.807, 2.05) is 0 Å². The van der Waals surface area contributed by atoms with E-state index in [1.54, 1.807) is 0 Å². The van der Waals surface area contributed by atoms with Gasteiger partial charge in [-0.3, -0.25) is 0 Å². The predicted octanol–water partition coefficient (Wildman–Crippen LogP) is 3.27. The van der Waals surface area contributed by atoms with Crippen LogP contribution in [-0.4, -0.2) is 29.9 Å². The molecule has 0 aliphatic rings. The molecule has 1 N–H and O–H groups in total. The molecule has 0 aromatic heterocycles. The molecule has 0 amide bonds. The molecule has 0 saturated heterocycles. The first-order chi connectivity index (χ1) is 7.12. The Balaban J connectivity index is 3.45. The van der Waals surface area contributed by atoms with Crippen molar-refractivity contribution >= 4 is 41.7 Å². The first kappa shape index (κ1) is 16.1. The molecule has 0 aliphatic heterocycles. The smallest absolute Gasteiger partial charge is 0.324 e. The summed E-state index contributed by atoms with van der Waals surface area (Å²) in [4.78, 5) is 9.53. The van der Waals surface area contributed by atoms with Crippen LogP contribution in [0.2, 0.25) is 0 Å². The minimum atomic E-state index is -3.03. The summed E-state index contributed by atoms with van der Waals surface area (Å²) in [5, 5.41) is 0. The first-order valence-corrected chi connectivity index (χ1v) is 8.52. The second-order valence-corrected chi connectivity index (χ2v) is 6.52. The van der Waals surface area contributed by atoms with Crippen molar-refractivity contribution in [2.45, 2.75) is 25.7 Å². The summed E-state index contributed by atoms with van der Waals surface area (Å²) in [6.07, 6.45) is 3.27. The van der Waals surface area contributed by atoms with Crippen LogP contribution in [0.25, 0.3) is 0 Å². The molecule has 0 spiro atoms. The van der Waals surface area contributed by atoms with Gasteiger partial charge in [-0.1, -0.05) is 0 Å². The highest BCUT2D eigenvalue weighted by molar-refractivity contribution is 8.07. The quantitative estimate of drug-likeness (QED) is 0.381. The number of unbranched alkanes of at least 4 members (excludes halogenated alkanes) is 2. The molecule has 0 aromatic carbocycles. The van der Waals surface area contributed by atoms with Gasteiger partial charge in [0.15, 0.2) is 0 Å². The van der Waals surface area contributed by atoms with E-state index in [0.717, 1.165) is 25.7 Å². The first-order valence-electron chi connectivity index (χ1n) is 4.86. The van der Waals surface area contributed by atoms with Crippen molar-refractivity contribution in [1.29, 1.82) is 0 Å². The molecule has 3 nitrogen and oxygen atoms in total. The number of hydrogen-bond acceptors (Lipinski definition) is 3. The Hall–Kier alpha value is 1.11. The van der Waals surface area contributed by atoms with Crippen LogP contribution in [0.15, 0.2) is 0 Å². The van der Waals surface area contributed by atoms with Gasteiger partial charge >= 0.3 is 6.72 Å². The van der Waals surface area contributed by atoms with Gasteiger partial charge in [0.1, 0.15) is 0 Å². The zero-order chi connectivity index (χ0) is 11.6. The second kappa shape index (κ2) is 10.3. The average Bonchev–Trinajstić information content (AvgIpc) is 2.20. The van der Waals surface area contributed by atoms with Crippen LogP contribution in [0.4, 0.5) is 0 Å². The van der Waals surface area contributed by atoms with Crippen molar-refractivity contribution in [2.75, 3.05) is 25.0 Å². The van der Waals surface area contributed by atoms with E-state index >= 15 is 0 Å². The highest BCUT2D eigenvalue weighted by atomic mass is 35.5. The van der Waals surface area contributed by atoms with Gasteiger partial charge in [0, 0.05) is 11.8 Å². The largest absolute Gasteiger partial charge is 0.324 e. The van der Waals surface area contributed by atoms with Crippen molar-refractivity contribution in [2.24, 2.45) is 0 Å². The molecular weight excluding hydrogens is 278 g/mol. The molecule has 0 rings (SSSR count). The van der Waals surface area contributed by atoms with Crippen LogP contribution >= 0.6 is 29.9 Å². The monoisotopic (exact) mass is 294 g/mol. The number of hydrogen-bond donors (Lipinski definition) is 1. The van der Waals surface area contributed by atoms with Gasteiger partial charge in [0.05, 0.1) is 13.2 Å². The summed E-state index contributed by atoms with van der Waals surface area (Å²) in [6, 6.07) is 0. The van der Waals surface area contributed by atoms with Gasteiger partial charge in [-0.05, 0) is 37.5 Å². The average molecular weight is 295 g/mol. The Bertz CT molecular complexity index is 179. The van der Waals surface area contributed by atoms with Gasteiger partial charge in [-0.15, -0.1) is 23.2 Å². The predicted molar refractivity (Wildman–Crippen MR) is 68.3 cm³/mol. The lowest BCUT2D eigenvalue weighted by atomic mass is 10.4. The van der Waals surface area contributed by atoms with E-state index in [1.165, 1.54) is 0 Å². The number of alkyl halides is 2. The fourth-order valence-corrected chi connectivity index (χ4v) is 2.41. The number of halogens is 2. The van der Waals surface area contributed by atoms with Crippen molar-refractivity contribution in [3.05, 3.63) is 0 Å². The normalized spacial score (nSPS) is 11.9. The molecule has 7 heteroatoms. The third-order valence-electron chi connectivity index (χ3n) is 1.56. The molecule has 0 heterocycles. The van der Waals surface area contributed by atoms with E-state index < -0.39 is 6.72 Å². The van der Waals surface area contributed by atoms with Crippen LogP contribution in [-0.2, 0) is 20.9 Å². The van der Waals surface area contributed by atoms with Crippen LogP contribution in [0.1, 0.15) is 25.7 Å². The van der Waals surface area contributed by atoms with Crippen LogP contribution in [0.5, 0.6) is 0 Å². The fourth-order valence-electron chi connectivity index (χ4n) is 0.790. The van der Waals surface area contributed by atoms with E-state index in [9.17, 15) is 4.89 Å². The molecule has 0 fully saturated rings. The van der Waals surface area contributed by atoms with E-state index in [2.05, 4.69) is 0 Å². The van der Waals surface area contributed by atoms with E-state index in [0.29, 0.717) is 25.0 Å². The molecule has 0 aliphatic carbocycles.